The third-order valence-electron chi connectivity index (χ3n) is 4.52. The molecule has 0 unspecified atom stereocenters. The van der Waals surface area contributed by atoms with E-state index in [2.05, 4.69) is 29.3 Å². The van der Waals surface area contributed by atoms with E-state index < -0.39 is 0 Å². The first kappa shape index (κ1) is 18.5. The highest BCUT2D eigenvalue weighted by Gasteiger charge is 2.20. The van der Waals surface area contributed by atoms with Crippen LogP contribution in [0.4, 0.5) is 0 Å². The molecule has 1 fully saturated rings. The molecule has 0 aromatic heterocycles. The minimum absolute atomic E-state index is 0.0635. The summed E-state index contributed by atoms with van der Waals surface area (Å²) in [5, 5.41) is 3.17. The maximum absolute atomic E-state index is 12.5. The average Bonchev–Trinajstić information content (AvgIpc) is 2.81. The molecule has 1 aromatic rings. The zero-order valence-corrected chi connectivity index (χ0v) is 14.8. The van der Waals surface area contributed by atoms with Crippen molar-refractivity contribution >= 4 is 11.8 Å². The van der Waals surface area contributed by atoms with Crippen molar-refractivity contribution in [2.24, 2.45) is 0 Å². The molecule has 2 rings (SSSR count). The number of carbonyl (C=O) groups excluding carboxylic acids is 2. The minimum Gasteiger partial charge on any atom is -0.348 e. The molecule has 24 heavy (non-hydrogen) atoms. The average molecular weight is 331 g/mol. The second-order valence-electron chi connectivity index (χ2n) is 6.46. The molecule has 0 aliphatic carbocycles. The summed E-state index contributed by atoms with van der Waals surface area (Å²) in [6.07, 6.45) is 2.88. The molecular formula is C19H29N3O2. The Balaban J connectivity index is 1.88. The lowest BCUT2D eigenvalue weighted by Gasteiger charge is -2.23. The summed E-state index contributed by atoms with van der Waals surface area (Å²) >= 11 is 0. The Labute approximate surface area is 145 Å². The van der Waals surface area contributed by atoms with Crippen LogP contribution >= 0.6 is 0 Å². The number of benzene rings is 1. The van der Waals surface area contributed by atoms with Crippen molar-refractivity contribution in [2.75, 3.05) is 32.7 Å². The summed E-state index contributed by atoms with van der Waals surface area (Å²) in [6, 6.07) is 10.2. The van der Waals surface area contributed by atoms with Gasteiger partial charge in [0.2, 0.25) is 11.8 Å². The number of hydrogen-bond acceptors (Lipinski definition) is 3. The molecule has 2 amide bonds. The second-order valence-corrected chi connectivity index (χ2v) is 6.46. The van der Waals surface area contributed by atoms with Gasteiger partial charge in [0.25, 0.3) is 0 Å². The van der Waals surface area contributed by atoms with E-state index in [0.717, 1.165) is 44.5 Å². The van der Waals surface area contributed by atoms with Gasteiger partial charge in [-0.1, -0.05) is 43.7 Å². The van der Waals surface area contributed by atoms with Crippen molar-refractivity contribution in [3.63, 3.8) is 0 Å². The number of amides is 2. The molecule has 1 saturated heterocycles. The zero-order valence-electron chi connectivity index (χ0n) is 14.8. The summed E-state index contributed by atoms with van der Waals surface area (Å²) in [5.41, 5.74) is 1.16. The predicted octanol–water partition coefficient (Wildman–Crippen LogP) is 2.20. The fourth-order valence-corrected chi connectivity index (χ4v) is 3.18. The number of carbonyl (C=O) groups is 2. The van der Waals surface area contributed by atoms with Gasteiger partial charge < -0.3 is 10.2 Å². The lowest BCUT2D eigenvalue weighted by Crippen LogP contribution is -2.40. The van der Waals surface area contributed by atoms with E-state index in [9.17, 15) is 9.59 Å². The Kier molecular flexibility index (Phi) is 7.25. The Bertz CT molecular complexity index is 533. The molecule has 5 nitrogen and oxygen atoms in total. The fourth-order valence-electron chi connectivity index (χ4n) is 3.18. The lowest BCUT2D eigenvalue weighted by molar-refractivity contribution is -0.128. The van der Waals surface area contributed by atoms with Gasteiger partial charge in [-0.25, -0.2) is 0 Å². The highest BCUT2D eigenvalue weighted by molar-refractivity contribution is 5.78. The van der Waals surface area contributed by atoms with Crippen LogP contribution in [0.3, 0.4) is 0 Å². The topological polar surface area (TPSA) is 52.7 Å². The first-order chi connectivity index (χ1) is 11.6. The molecular weight excluding hydrogens is 302 g/mol. The highest BCUT2D eigenvalue weighted by Crippen LogP contribution is 2.18. The van der Waals surface area contributed by atoms with Crippen molar-refractivity contribution in [1.82, 2.24) is 15.1 Å². The third kappa shape index (κ3) is 5.64. The summed E-state index contributed by atoms with van der Waals surface area (Å²) < 4.78 is 0. The van der Waals surface area contributed by atoms with Gasteiger partial charge in [0.15, 0.2) is 0 Å². The molecule has 0 radical (unpaired) electrons. The largest absolute Gasteiger partial charge is 0.348 e. The Morgan fingerprint density at radius 1 is 1.12 bits per heavy atom. The molecule has 0 spiro atoms. The summed E-state index contributed by atoms with van der Waals surface area (Å²) in [7, 11) is 0. The molecule has 5 heteroatoms. The minimum atomic E-state index is 0.0635. The standard InChI is InChI=1S/C19H29N3O2/c1-3-8-18(17-9-5-4-6-10-17)20-19(24)15-21-11-7-12-22(14-13-21)16(2)23/h4-6,9-10,18H,3,7-8,11-15H2,1-2H3,(H,20,24)/t18-/m1/s1. The molecule has 1 atom stereocenters. The highest BCUT2D eigenvalue weighted by atomic mass is 16.2. The van der Waals surface area contributed by atoms with E-state index in [-0.39, 0.29) is 17.9 Å². The van der Waals surface area contributed by atoms with E-state index >= 15 is 0 Å². The van der Waals surface area contributed by atoms with E-state index in [1.165, 1.54) is 0 Å². The van der Waals surface area contributed by atoms with Gasteiger partial charge in [0.05, 0.1) is 12.6 Å². The Morgan fingerprint density at radius 3 is 2.54 bits per heavy atom. The number of rotatable bonds is 6. The van der Waals surface area contributed by atoms with Crippen LogP contribution in [-0.2, 0) is 9.59 Å². The predicted molar refractivity (Wildman–Crippen MR) is 95.5 cm³/mol. The van der Waals surface area contributed by atoms with Crippen LogP contribution in [0.1, 0.15) is 44.7 Å². The van der Waals surface area contributed by atoms with Crippen LogP contribution in [0.2, 0.25) is 0 Å². The van der Waals surface area contributed by atoms with Crippen LogP contribution < -0.4 is 5.32 Å². The van der Waals surface area contributed by atoms with Crippen molar-refractivity contribution < 1.29 is 9.59 Å². The van der Waals surface area contributed by atoms with Gasteiger partial charge in [-0.3, -0.25) is 14.5 Å². The number of nitrogens with zero attached hydrogens (tertiary/aromatic N) is 2. The summed E-state index contributed by atoms with van der Waals surface area (Å²) in [5.74, 6) is 0.182. The van der Waals surface area contributed by atoms with Gasteiger partial charge in [-0.15, -0.1) is 0 Å². The molecule has 1 aliphatic rings. The maximum Gasteiger partial charge on any atom is 0.234 e. The maximum atomic E-state index is 12.5. The molecule has 1 aromatic carbocycles. The third-order valence-corrected chi connectivity index (χ3v) is 4.52. The van der Waals surface area contributed by atoms with E-state index in [1.54, 1.807) is 6.92 Å². The summed E-state index contributed by atoms with van der Waals surface area (Å²) in [6.45, 7) is 7.26. The number of hydrogen-bond donors (Lipinski definition) is 1. The zero-order chi connectivity index (χ0) is 17.4. The lowest BCUT2D eigenvalue weighted by atomic mass is 10.0. The van der Waals surface area contributed by atoms with Crippen LogP contribution in [-0.4, -0.2) is 54.3 Å². The Morgan fingerprint density at radius 2 is 1.88 bits per heavy atom. The van der Waals surface area contributed by atoms with Crippen LogP contribution in [0.5, 0.6) is 0 Å². The van der Waals surface area contributed by atoms with Crippen LogP contribution in [0.15, 0.2) is 30.3 Å². The molecule has 1 N–H and O–H groups in total. The molecule has 0 saturated carbocycles. The molecule has 1 heterocycles. The number of nitrogens with one attached hydrogen (secondary N) is 1. The van der Waals surface area contributed by atoms with E-state index in [1.807, 2.05) is 23.1 Å². The monoisotopic (exact) mass is 331 g/mol. The van der Waals surface area contributed by atoms with Gasteiger partial charge >= 0.3 is 0 Å². The molecule has 132 valence electrons. The molecule has 1 aliphatic heterocycles. The van der Waals surface area contributed by atoms with Gasteiger partial charge in [-0.2, -0.15) is 0 Å². The fraction of sp³-hybridized carbons (Fsp3) is 0.579. The van der Waals surface area contributed by atoms with Crippen LogP contribution in [0.25, 0.3) is 0 Å². The molecule has 0 bridgehead atoms. The van der Waals surface area contributed by atoms with Crippen LogP contribution in [0, 0.1) is 0 Å². The normalized spacial score (nSPS) is 17.2. The second kappa shape index (κ2) is 9.42. The quantitative estimate of drug-likeness (QED) is 0.869. The van der Waals surface area contributed by atoms with Gasteiger partial charge in [0, 0.05) is 33.1 Å². The SMILES string of the molecule is CCC[C@@H](NC(=O)CN1CCCN(C(C)=O)CC1)c1ccccc1. The van der Waals surface area contributed by atoms with E-state index in [0.29, 0.717) is 13.1 Å². The first-order valence-electron chi connectivity index (χ1n) is 8.92. The summed E-state index contributed by atoms with van der Waals surface area (Å²) in [4.78, 5) is 28.0. The van der Waals surface area contributed by atoms with Crippen molar-refractivity contribution in [2.45, 2.75) is 39.2 Å². The van der Waals surface area contributed by atoms with E-state index in [4.69, 9.17) is 0 Å². The first-order valence-corrected chi connectivity index (χ1v) is 8.92. The van der Waals surface area contributed by atoms with Gasteiger partial charge in [-0.05, 0) is 18.4 Å². The smallest absolute Gasteiger partial charge is 0.234 e. The van der Waals surface area contributed by atoms with Gasteiger partial charge in [0.1, 0.15) is 0 Å². The van der Waals surface area contributed by atoms with Crippen molar-refractivity contribution in [3.8, 4) is 0 Å². The Hall–Kier alpha value is -1.88. The van der Waals surface area contributed by atoms with Crippen molar-refractivity contribution in [1.29, 1.82) is 0 Å². The van der Waals surface area contributed by atoms with Crippen molar-refractivity contribution in [3.05, 3.63) is 35.9 Å².